The Morgan fingerprint density at radius 2 is 2.00 bits per heavy atom. The van der Waals surface area contributed by atoms with Gasteiger partial charge in [-0.15, -0.1) is 0 Å². The summed E-state index contributed by atoms with van der Waals surface area (Å²) in [6, 6.07) is 6.24. The standard InChI is InChI=1S/C15H20Cl2N2O2/c1-2-19(9-15(20)21)11-6-10(7-11)18-8-12-13(16)4-3-5-14(12)17/h3-5,10-11,18H,2,6-9H2,1H3,(H,20,21). The number of carboxylic acid groups (broad SMARTS) is 1. The van der Waals surface area contributed by atoms with Crippen LogP contribution in [0.1, 0.15) is 25.3 Å². The van der Waals surface area contributed by atoms with E-state index >= 15 is 0 Å². The normalized spacial score (nSPS) is 21.3. The molecule has 1 saturated carbocycles. The summed E-state index contributed by atoms with van der Waals surface area (Å²) in [5.41, 5.74) is 0.919. The van der Waals surface area contributed by atoms with Gasteiger partial charge < -0.3 is 10.4 Å². The molecular formula is C15H20Cl2N2O2. The lowest BCUT2D eigenvalue weighted by Gasteiger charge is -2.42. The van der Waals surface area contributed by atoms with Crippen LogP contribution < -0.4 is 5.32 Å². The highest BCUT2D eigenvalue weighted by molar-refractivity contribution is 6.35. The van der Waals surface area contributed by atoms with Gasteiger partial charge in [0.25, 0.3) is 0 Å². The average molecular weight is 331 g/mol. The van der Waals surface area contributed by atoms with Gasteiger partial charge in [-0.3, -0.25) is 9.69 Å². The van der Waals surface area contributed by atoms with Gasteiger partial charge in [-0.2, -0.15) is 0 Å². The van der Waals surface area contributed by atoms with E-state index < -0.39 is 5.97 Å². The van der Waals surface area contributed by atoms with Gasteiger partial charge >= 0.3 is 5.97 Å². The van der Waals surface area contributed by atoms with Crippen LogP contribution in [-0.2, 0) is 11.3 Å². The minimum Gasteiger partial charge on any atom is -0.480 e. The zero-order chi connectivity index (χ0) is 15.4. The number of hydrogen-bond donors (Lipinski definition) is 2. The number of likely N-dealkylation sites (N-methyl/N-ethyl adjacent to an activating group) is 1. The Balaban J connectivity index is 1.79. The van der Waals surface area contributed by atoms with E-state index in [2.05, 4.69) is 5.32 Å². The number of benzene rings is 1. The average Bonchev–Trinajstić information content (AvgIpc) is 2.37. The topological polar surface area (TPSA) is 52.6 Å². The van der Waals surface area contributed by atoms with Crippen LogP contribution in [0.3, 0.4) is 0 Å². The number of hydrogen-bond acceptors (Lipinski definition) is 3. The molecule has 0 atom stereocenters. The zero-order valence-corrected chi connectivity index (χ0v) is 13.5. The van der Waals surface area contributed by atoms with E-state index in [0.717, 1.165) is 24.9 Å². The maximum atomic E-state index is 10.8. The number of rotatable bonds is 7. The van der Waals surface area contributed by atoms with Gasteiger partial charge in [-0.05, 0) is 31.5 Å². The summed E-state index contributed by atoms with van der Waals surface area (Å²) in [4.78, 5) is 12.8. The highest BCUT2D eigenvalue weighted by Gasteiger charge is 2.33. The smallest absolute Gasteiger partial charge is 0.317 e. The van der Waals surface area contributed by atoms with Gasteiger partial charge in [0.05, 0.1) is 6.54 Å². The lowest BCUT2D eigenvalue weighted by Crippen LogP contribution is -2.53. The second kappa shape index (κ2) is 7.45. The molecule has 1 aromatic rings. The third-order valence-electron chi connectivity index (χ3n) is 4.00. The molecule has 6 heteroatoms. The fourth-order valence-corrected chi connectivity index (χ4v) is 3.20. The highest BCUT2D eigenvalue weighted by atomic mass is 35.5. The van der Waals surface area contributed by atoms with Crippen molar-refractivity contribution in [2.75, 3.05) is 13.1 Å². The number of aliphatic carboxylic acids is 1. The molecule has 0 heterocycles. The van der Waals surface area contributed by atoms with Crippen molar-refractivity contribution in [2.24, 2.45) is 0 Å². The predicted molar refractivity (Wildman–Crippen MR) is 85.0 cm³/mol. The number of carbonyl (C=O) groups is 1. The molecule has 0 bridgehead atoms. The molecule has 0 aromatic heterocycles. The molecule has 0 aliphatic heterocycles. The monoisotopic (exact) mass is 330 g/mol. The maximum absolute atomic E-state index is 10.8. The van der Waals surface area contributed by atoms with E-state index in [1.165, 1.54) is 0 Å². The Kier molecular flexibility index (Phi) is 5.88. The number of carboxylic acids is 1. The van der Waals surface area contributed by atoms with E-state index in [1.54, 1.807) is 0 Å². The third kappa shape index (κ3) is 4.33. The predicted octanol–water partition coefficient (Wildman–Crippen LogP) is 3.02. The number of nitrogens with one attached hydrogen (secondary N) is 1. The van der Waals surface area contributed by atoms with E-state index in [-0.39, 0.29) is 6.54 Å². The quantitative estimate of drug-likeness (QED) is 0.806. The molecule has 2 rings (SSSR count). The van der Waals surface area contributed by atoms with Crippen LogP contribution in [0.4, 0.5) is 0 Å². The minimum atomic E-state index is -0.767. The summed E-state index contributed by atoms with van der Waals surface area (Å²) in [5.74, 6) is -0.767. The Morgan fingerprint density at radius 1 is 1.38 bits per heavy atom. The van der Waals surface area contributed by atoms with Crippen molar-refractivity contribution in [1.82, 2.24) is 10.2 Å². The fraction of sp³-hybridized carbons (Fsp3) is 0.533. The van der Waals surface area contributed by atoms with Crippen molar-refractivity contribution in [3.63, 3.8) is 0 Å². The van der Waals surface area contributed by atoms with Crippen LogP contribution in [-0.4, -0.2) is 41.1 Å². The molecule has 0 unspecified atom stereocenters. The summed E-state index contributed by atoms with van der Waals surface area (Å²) in [7, 11) is 0. The van der Waals surface area contributed by atoms with Gasteiger partial charge in [0.2, 0.25) is 0 Å². The van der Waals surface area contributed by atoms with Crippen molar-refractivity contribution in [3.05, 3.63) is 33.8 Å². The van der Waals surface area contributed by atoms with Crippen LogP contribution in [0, 0.1) is 0 Å². The summed E-state index contributed by atoms with van der Waals surface area (Å²) >= 11 is 12.3. The van der Waals surface area contributed by atoms with Crippen molar-refractivity contribution in [3.8, 4) is 0 Å². The summed E-state index contributed by atoms with van der Waals surface area (Å²) in [6.07, 6.45) is 1.92. The molecule has 0 spiro atoms. The summed E-state index contributed by atoms with van der Waals surface area (Å²) in [6.45, 7) is 3.51. The van der Waals surface area contributed by atoms with Gasteiger partial charge in [-0.25, -0.2) is 0 Å². The molecule has 1 aromatic carbocycles. The Morgan fingerprint density at radius 3 is 2.52 bits per heavy atom. The minimum absolute atomic E-state index is 0.115. The largest absolute Gasteiger partial charge is 0.480 e. The molecule has 116 valence electrons. The second-order valence-corrected chi connectivity index (χ2v) is 6.17. The van der Waals surface area contributed by atoms with Crippen molar-refractivity contribution in [2.45, 2.75) is 38.4 Å². The number of halogens is 2. The van der Waals surface area contributed by atoms with Crippen LogP contribution in [0.2, 0.25) is 10.0 Å². The maximum Gasteiger partial charge on any atom is 0.317 e. The van der Waals surface area contributed by atoms with Gasteiger partial charge in [0.15, 0.2) is 0 Å². The van der Waals surface area contributed by atoms with Crippen LogP contribution in [0.15, 0.2) is 18.2 Å². The third-order valence-corrected chi connectivity index (χ3v) is 4.71. The lowest BCUT2D eigenvalue weighted by atomic mass is 9.85. The van der Waals surface area contributed by atoms with Crippen molar-refractivity contribution < 1.29 is 9.90 Å². The first kappa shape index (κ1) is 16.6. The van der Waals surface area contributed by atoms with Crippen molar-refractivity contribution >= 4 is 29.2 Å². The Bertz CT molecular complexity index is 484. The molecule has 1 fully saturated rings. The molecule has 2 N–H and O–H groups in total. The molecular weight excluding hydrogens is 311 g/mol. The van der Waals surface area contributed by atoms with Gasteiger partial charge in [0.1, 0.15) is 0 Å². The molecule has 0 saturated heterocycles. The fourth-order valence-electron chi connectivity index (χ4n) is 2.67. The van der Waals surface area contributed by atoms with Crippen LogP contribution >= 0.6 is 23.2 Å². The summed E-state index contributed by atoms with van der Waals surface area (Å²) in [5, 5.41) is 13.7. The van der Waals surface area contributed by atoms with Crippen LogP contribution in [0.5, 0.6) is 0 Å². The van der Waals surface area contributed by atoms with E-state index in [1.807, 2.05) is 30.0 Å². The SMILES string of the molecule is CCN(CC(=O)O)C1CC(NCc2c(Cl)cccc2Cl)C1. The highest BCUT2D eigenvalue weighted by Crippen LogP contribution is 2.28. The second-order valence-electron chi connectivity index (χ2n) is 5.36. The number of nitrogens with zero attached hydrogens (tertiary/aromatic N) is 1. The van der Waals surface area contributed by atoms with E-state index in [9.17, 15) is 4.79 Å². The Hall–Kier alpha value is -0.810. The zero-order valence-electron chi connectivity index (χ0n) is 12.0. The Labute approximate surface area is 135 Å². The summed E-state index contributed by atoms with van der Waals surface area (Å²) < 4.78 is 0. The molecule has 1 aliphatic rings. The van der Waals surface area contributed by atoms with Gasteiger partial charge in [-0.1, -0.05) is 36.2 Å². The first-order chi connectivity index (χ1) is 10.0. The van der Waals surface area contributed by atoms with E-state index in [0.29, 0.717) is 28.7 Å². The molecule has 0 amide bonds. The molecule has 4 nitrogen and oxygen atoms in total. The first-order valence-corrected chi connectivity index (χ1v) is 7.89. The lowest BCUT2D eigenvalue weighted by molar-refractivity contribution is -0.139. The molecule has 0 radical (unpaired) electrons. The van der Waals surface area contributed by atoms with Crippen LogP contribution in [0.25, 0.3) is 0 Å². The van der Waals surface area contributed by atoms with E-state index in [4.69, 9.17) is 28.3 Å². The molecule has 21 heavy (non-hydrogen) atoms. The van der Waals surface area contributed by atoms with Gasteiger partial charge in [0, 0.05) is 34.2 Å². The van der Waals surface area contributed by atoms with Crippen molar-refractivity contribution in [1.29, 1.82) is 0 Å². The first-order valence-electron chi connectivity index (χ1n) is 7.13. The molecule has 1 aliphatic carbocycles.